The first-order chi connectivity index (χ1) is 9.72. The van der Waals surface area contributed by atoms with Gasteiger partial charge in [0, 0.05) is 13.1 Å². The summed E-state index contributed by atoms with van der Waals surface area (Å²) in [5, 5.41) is 14.4. The molecule has 1 aliphatic heterocycles. The molecule has 3 rings (SSSR count). The van der Waals surface area contributed by atoms with Crippen molar-refractivity contribution in [3.8, 4) is 11.7 Å². The van der Waals surface area contributed by atoms with Crippen molar-refractivity contribution in [3.05, 3.63) is 28.1 Å². The van der Waals surface area contributed by atoms with Gasteiger partial charge in [-0.25, -0.2) is 0 Å². The molecule has 0 aliphatic carbocycles. The van der Waals surface area contributed by atoms with E-state index in [1.165, 1.54) is 12.1 Å². The predicted octanol–water partition coefficient (Wildman–Crippen LogP) is 1.07. The van der Waals surface area contributed by atoms with E-state index >= 15 is 0 Å². The molecule has 0 aromatic carbocycles. The summed E-state index contributed by atoms with van der Waals surface area (Å²) in [6.07, 6.45) is 0. The van der Waals surface area contributed by atoms with Crippen molar-refractivity contribution in [2.24, 2.45) is 0 Å². The topological polar surface area (TPSA) is 108 Å². The highest BCUT2D eigenvalue weighted by Crippen LogP contribution is 2.24. The zero-order valence-electron chi connectivity index (χ0n) is 10.5. The third-order valence-corrected chi connectivity index (χ3v) is 2.92. The fourth-order valence-electron chi connectivity index (χ4n) is 1.92. The van der Waals surface area contributed by atoms with Crippen LogP contribution in [0.5, 0.6) is 0 Å². The van der Waals surface area contributed by atoms with E-state index in [1.54, 1.807) is 0 Å². The molecule has 0 spiro atoms. The normalized spacial score (nSPS) is 16.4. The van der Waals surface area contributed by atoms with Crippen LogP contribution >= 0.6 is 0 Å². The Balaban J connectivity index is 1.70. The molecule has 9 nitrogen and oxygen atoms in total. The number of hydrogen-bond donors (Lipinski definition) is 0. The first-order valence-electron chi connectivity index (χ1n) is 6.09. The highest BCUT2D eigenvalue weighted by Gasteiger charge is 2.19. The van der Waals surface area contributed by atoms with Crippen LogP contribution in [0.1, 0.15) is 5.82 Å². The highest BCUT2D eigenvalue weighted by molar-refractivity contribution is 5.46. The molecule has 0 N–H and O–H groups in total. The maximum absolute atomic E-state index is 10.5. The first kappa shape index (κ1) is 12.8. The SMILES string of the molecule is O=[N+]([O-])c1ccc(-c2nc(CN3CCOCC3)no2)o1. The summed E-state index contributed by atoms with van der Waals surface area (Å²) in [4.78, 5) is 16.2. The van der Waals surface area contributed by atoms with Gasteiger partial charge in [-0.1, -0.05) is 5.16 Å². The average molecular weight is 280 g/mol. The quantitative estimate of drug-likeness (QED) is 0.604. The molecule has 3 heterocycles. The molecule has 0 bridgehead atoms. The monoisotopic (exact) mass is 280 g/mol. The van der Waals surface area contributed by atoms with E-state index in [0.717, 1.165) is 13.1 Å². The number of ether oxygens (including phenoxy) is 1. The fourth-order valence-corrected chi connectivity index (χ4v) is 1.92. The average Bonchev–Trinajstić information content (AvgIpc) is 3.08. The summed E-state index contributed by atoms with van der Waals surface area (Å²) in [5.74, 6) is 0.493. The standard InChI is InChI=1S/C11H12N4O5/c16-15(17)10-2-1-8(19-10)11-12-9(13-20-11)7-14-3-5-18-6-4-14/h1-2H,3-7H2. The summed E-state index contributed by atoms with van der Waals surface area (Å²) < 4.78 is 15.3. The second-order valence-electron chi connectivity index (χ2n) is 4.30. The number of nitrogens with zero attached hydrogens (tertiary/aromatic N) is 4. The Hall–Kier alpha value is -2.26. The van der Waals surface area contributed by atoms with Gasteiger partial charge in [0.1, 0.15) is 4.92 Å². The van der Waals surface area contributed by atoms with Crippen molar-refractivity contribution < 1.29 is 18.6 Å². The van der Waals surface area contributed by atoms with Crippen molar-refractivity contribution >= 4 is 5.88 Å². The summed E-state index contributed by atoms with van der Waals surface area (Å²) >= 11 is 0. The van der Waals surface area contributed by atoms with Crippen molar-refractivity contribution in [2.75, 3.05) is 26.3 Å². The van der Waals surface area contributed by atoms with Gasteiger partial charge in [0.05, 0.1) is 25.8 Å². The van der Waals surface area contributed by atoms with Crippen molar-refractivity contribution in [1.29, 1.82) is 0 Å². The van der Waals surface area contributed by atoms with Crippen LogP contribution in [0.4, 0.5) is 5.88 Å². The summed E-state index contributed by atoms with van der Waals surface area (Å²) in [6.45, 7) is 3.56. The second kappa shape index (κ2) is 5.39. The van der Waals surface area contributed by atoms with Crippen LogP contribution in [-0.2, 0) is 11.3 Å². The van der Waals surface area contributed by atoms with E-state index in [-0.39, 0.29) is 17.5 Å². The zero-order chi connectivity index (χ0) is 13.9. The van der Waals surface area contributed by atoms with Gasteiger partial charge in [0.2, 0.25) is 0 Å². The number of furan rings is 1. The van der Waals surface area contributed by atoms with E-state index in [2.05, 4.69) is 15.0 Å². The van der Waals surface area contributed by atoms with Crippen molar-refractivity contribution in [3.63, 3.8) is 0 Å². The Labute approximate surface area is 113 Å². The molecule has 1 fully saturated rings. The van der Waals surface area contributed by atoms with Crippen LogP contribution in [0.25, 0.3) is 11.7 Å². The molecule has 20 heavy (non-hydrogen) atoms. The first-order valence-corrected chi connectivity index (χ1v) is 6.09. The molecule has 2 aromatic heterocycles. The highest BCUT2D eigenvalue weighted by atomic mass is 16.6. The molecule has 0 unspecified atom stereocenters. The molecule has 0 amide bonds. The fraction of sp³-hybridized carbons (Fsp3) is 0.455. The number of morpholine rings is 1. The maximum atomic E-state index is 10.5. The predicted molar refractivity (Wildman–Crippen MR) is 64.8 cm³/mol. The van der Waals surface area contributed by atoms with Crippen LogP contribution in [-0.4, -0.2) is 46.3 Å². The van der Waals surface area contributed by atoms with Crippen molar-refractivity contribution in [2.45, 2.75) is 6.54 Å². The number of aromatic nitrogens is 2. The van der Waals surface area contributed by atoms with Crippen LogP contribution in [0, 0.1) is 10.1 Å². The zero-order valence-corrected chi connectivity index (χ0v) is 10.5. The van der Waals surface area contributed by atoms with Crippen LogP contribution < -0.4 is 0 Å². The number of hydrogen-bond acceptors (Lipinski definition) is 8. The Morgan fingerprint density at radius 3 is 2.85 bits per heavy atom. The van der Waals surface area contributed by atoms with E-state index < -0.39 is 4.92 Å². The maximum Gasteiger partial charge on any atom is 0.433 e. The Bertz CT molecular complexity index is 601. The molecule has 2 aromatic rings. The Kier molecular flexibility index (Phi) is 3.44. The molecule has 1 saturated heterocycles. The van der Waals surface area contributed by atoms with E-state index in [0.29, 0.717) is 25.6 Å². The summed E-state index contributed by atoms with van der Waals surface area (Å²) in [6, 6.07) is 2.69. The largest absolute Gasteiger partial charge is 0.433 e. The number of rotatable bonds is 4. The van der Waals surface area contributed by atoms with E-state index in [1.807, 2.05) is 0 Å². The van der Waals surface area contributed by atoms with Gasteiger partial charge in [-0.15, -0.1) is 0 Å². The molecule has 0 radical (unpaired) electrons. The van der Waals surface area contributed by atoms with Gasteiger partial charge in [-0.05, 0) is 6.07 Å². The molecular weight excluding hydrogens is 268 g/mol. The molecule has 0 atom stereocenters. The van der Waals surface area contributed by atoms with Gasteiger partial charge in [-0.3, -0.25) is 15.0 Å². The molecule has 0 saturated carbocycles. The van der Waals surface area contributed by atoms with E-state index in [4.69, 9.17) is 13.7 Å². The summed E-state index contributed by atoms with van der Waals surface area (Å²) in [5.41, 5.74) is 0. The van der Waals surface area contributed by atoms with E-state index in [9.17, 15) is 10.1 Å². The molecule has 1 aliphatic rings. The lowest BCUT2D eigenvalue weighted by Gasteiger charge is -2.24. The lowest BCUT2D eigenvalue weighted by Crippen LogP contribution is -2.35. The lowest BCUT2D eigenvalue weighted by molar-refractivity contribution is -0.401. The Morgan fingerprint density at radius 1 is 1.35 bits per heavy atom. The molecule has 9 heteroatoms. The van der Waals surface area contributed by atoms with Gasteiger partial charge in [0.25, 0.3) is 5.89 Å². The van der Waals surface area contributed by atoms with Gasteiger partial charge < -0.3 is 13.7 Å². The Morgan fingerprint density at radius 2 is 2.15 bits per heavy atom. The van der Waals surface area contributed by atoms with Crippen LogP contribution in [0.15, 0.2) is 21.1 Å². The third-order valence-electron chi connectivity index (χ3n) is 2.92. The minimum Gasteiger partial charge on any atom is -0.395 e. The number of nitro groups is 1. The minimum atomic E-state index is -0.617. The van der Waals surface area contributed by atoms with Crippen molar-refractivity contribution in [1.82, 2.24) is 15.0 Å². The smallest absolute Gasteiger partial charge is 0.395 e. The van der Waals surface area contributed by atoms with Crippen LogP contribution in [0.2, 0.25) is 0 Å². The van der Waals surface area contributed by atoms with Crippen LogP contribution in [0.3, 0.4) is 0 Å². The van der Waals surface area contributed by atoms with Gasteiger partial charge in [-0.2, -0.15) is 4.98 Å². The minimum absolute atomic E-state index is 0.140. The summed E-state index contributed by atoms with van der Waals surface area (Å²) in [7, 11) is 0. The molecular formula is C11H12N4O5. The molecule has 106 valence electrons. The third kappa shape index (κ3) is 2.68. The lowest BCUT2D eigenvalue weighted by atomic mass is 10.4. The van der Waals surface area contributed by atoms with Gasteiger partial charge >= 0.3 is 5.88 Å². The van der Waals surface area contributed by atoms with Gasteiger partial charge in [0.15, 0.2) is 11.6 Å². The second-order valence-corrected chi connectivity index (χ2v) is 4.30.